The molecule has 2 N–H and O–H groups in total. The van der Waals surface area contributed by atoms with Crippen molar-refractivity contribution in [1.29, 1.82) is 0 Å². The molecule has 1 aromatic heterocycles. The summed E-state index contributed by atoms with van der Waals surface area (Å²) in [4.78, 5) is 8.31. The molecule has 100 valence electrons. The lowest BCUT2D eigenvalue weighted by atomic mass is 10.1. The first-order valence-electron chi connectivity index (χ1n) is 5.65. The number of nitrogens with one attached hydrogen (secondary N) is 2. The Morgan fingerprint density at radius 2 is 2.33 bits per heavy atom. The second-order valence-corrected chi connectivity index (χ2v) is 7.37. The first-order valence-corrected chi connectivity index (χ1v) is 8.26. The van der Waals surface area contributed by atoms with Crippen LogP contribution in [0.2, 0.25) is 0 Å². The zero-order chi connectivity index (χ0) is 13.2. The van der Waals surface area contributed by atoms with Crippen LogP contribution in [0.1, 0.15) is 6.42 Å². The molecule has 0 bridgehead atoms. The molecule has 6 nitrogen and oxygen atoms in total. The largest absolute Gasteiger partial charge is 0.369 e. The number of hydrogen-bond acceptors (Lipinski definition) is 6. The number of halogens is 1. The van der Waals surface area contributed by atoms with Gasteiger partial charge in [0.15, 0.2) is 9.84 Å². The highest BCUT2D eigenvalue weighted by Crippen LogP contribution is 2.23. The predicted octanol–water partition coefficient (Wildman–Crippen LogP) is 1.13. The molecule has 0 aliphatic carbocycles. The highest BCUT2D eigenvalue weighted by molar-refractivity contribution is 9.10. The van der Waals surface area contributed by atoms with Gasteiger partial charge in [0.1, 0.15) is 5.82 Å². The summed E-state index contributed by atoms with van der Waals surface area (Å²) < 4.78 is 23.5. The predicted molar refractivity (Wildman–Crippen MR) is 74.5 cm³/mol. The summed E-state index contributed by atoms with van der Waals surface area (Å²) in [5, 5.41) is 6.02. The van der Waals surface area contributed by atoms with Crippen molar-refractivity contribution in [1.82, 2.24) is 9.97 Å². The second kappa shape index (κ2) is 5.40. The summed E-state index contributed by atoms with van der Waals surface area (Å²) in [6.07, 6.45) is 2.38. The minimum absolute atomic E-state index is 0.162. The SMILES string of the molecule is CNc1ncc(Br)c(NCC2CCS(=O)(=O)C2)n1. The second-order valence-electron chi connectivity index (χ2n) is 4.29. The van der Waals surface area contributed by atoms with Crippen LogP contribution in [0.4, 0.5) is 11.8 Å². The van der Waals surface area contributed by atoms with Crippen LogP contribution >= 0.6 is 15.9 Å². The molecule has 1 aromatic rings. The molecule has 0 aromatic carbocycles. The molecule has 1 fully saturated rings. The standard InChI is InChI=1S/C10H15BrN4O2S/c1-12-10-14-5-8(11)9(15-10)13-4-7-2-3-18(16,17)6-7/h5,7H,2-4,6H2,1H3,(H2,12,13,14,15). The van der Waals surface area contributed by atoms with Crippen molar-refractivity contribution in [3.63, 3.8) is 0 Å². The Bertz CT molecular complexity index is 535. The molecule has 1 aliphatic heterocycles. The maximum Gasteiger partial charge on any atom is 0.224 e. The first kappa shape index (κ1) is 13.5. The molecule has 1 saturated heterocycles. The molecule has 0 spiro atoms. The molecule has 1 unspecified atom stereocenters. The summed E-state index contributed by atoms with van der Waals surface area (Å²) >= 11 is 3.36. The van der Waals surface area contributed by atoms with E-state index >= 15 is 0 Å². The monoisotopic (exact) mass is 334 g/mol. The number of nitrogens with zero attached hydrogens (tertiary/aromatic N) is 2. The van der Waals surface area contributed by atoms with Crippen molar-refractivity contribution < 1.29 is 8.42 Å². The Hall–Kier alpha value is -0.890. The van der Waals surface area contributed by atoms with E-state index in [0.717, 1.165) is 10.9 Å². The molecule has 18 heavy (non-hydrogen) atoms. The number of hydrogen-bond donors (Lipinski definition) is 2. The van der Waals surface area contributed by atoms with Gasteiger partial charge in [-0.25, -0.2) is 13.4 Å². The lowest BCUT2D eigenvalue weighted by molar-refractivity contribution is 0.595. The van der Waals surface area contributed by atoms with Crippen molar-refractivity contribution in [3.05, 3.63) is 10.7 Å². The minimum atomic E-state index is -2.82. The van der Waals surface area contributed by atoms with Gasteiger partial charge in [-0.1, -0.05) is 0 Å². The summed E-state index contributed by atoms with van der Waals surface area (Å²) in [6.45, 7) is 0.609. The Labute approximate surface area is 115 Å². The Morgan fingerprint density at radius 1 is 1.56 bits per heavy atom. The van der Waals surface area contributed by atoms with Crippen molar-refractivity contribution in [2.75, 3.05) is 35.7 Å². The van der Waals surface area contributed by atoms with E-state index < -0.39 is 9.84 Å². The van der Waals surface area contributed by atoms with Crippen LogP contribution in [0.5, 0.6) is 0 Å². The molecular formula is C10H15BrN4O2S. The summed E-state index contributed by atoms with van der Waals surface area (Å²) in [7, 11) is -1.07. The lowest BCUT2D eigenvalue weighted by Gasteiger charge is -2.12. The number of sulfone groups is 1. The molecule has 2 heterocycles. The third kappa shape index (κ3) is 3.32. The minimum Gasteiger partial charge on any atom is -0.369 e. The number of anilines is 2. The molecule has 8 heteroatoms. The summed E-state index contributed by atoms with van der Waals surface area (Å²) in [5.74, 6) is 1.93. The normalized spacial score (nSPS) is 21.8. The average molecular weight is 335 g/mol. The van der Waals surface area contributed by atoms with E-state index in [1.165, 1.54) is 0 Å². The van der Waals surface area contributed by atoms with Crippen LogP contribution in [0.25, 0.3) is 0 Å². The molecule has 0 amide bonds. The van der Waals surface area contributed by atoms with Crippen LogP contribution in [-0.2, 0) is 9.84 Å². The summed E-state index contributed by atoms with van der Waals surface area (Å²) in [5.41, 5.74) is 0. The van der Waals surface area contributed by atoms with Crippen LogP contribution in [0.15, 0.2) is 10.7 Å². The van der Waals surface area contributed by atoms with Gasteiger partial charge in [0, 0.05) is 19.8 Å². The van der Waals surface area contributed by atoms with Gasteiger partial charge in [0.05, 0.1) is 16.0 Å². The van der Waals surface area contributed by atoms with Crippen LogP contribution in [-0.4, -0.2) is 43.5 Å². The topological polar surface area (TPSA) is 84.0 Å². The summed E-state index contributed by atoms with van der Waals surface area (Å²) in [6, 6.07) is 0. The fourth-order valence-corrected chi connectivity index (χ4v) is 4.08. The third-order valence-corrected chi connectivity index (χ3v) is 5.27. The van der Waals surface area contributed by atoms with Gasteiger partial charge in [-0.05, 0) is 28.3 Å². The highest BCUT2D eigenvalue weighted by Gasteiger charge is 2.27. The van der Waals surface area contributed by atoms with Crippen molar-refractivity contribution in [3.8, 4) is 0 Å². The van der Waals surface area contributed by atoms with Gasteiger partial charge in [-0.15, -0.1) is 0 Å². The number of aromatic nitrogens is 2. The molecule has 2 rings (SSSR count). The van der Waals surface area contributed by atoms with E-state index in [1.807, 2.05) is 0 Å². The quantitative estimate of drug-likeness (QED) is 0.858. The lowest BCUT2D eigenvalue weighted by Crippen LogP contribution is -2.17. The van der Waals surface area contributed by atoms with Gasteiger partial charge >= 0.3 is 0 Å². The van der Waals surface area contributed by atoms with E-state index in [2.05, 4.69) is 36.5 Å². The van der Waals surface area contributed by atoms with E-state index in [9.17, 15) is 8.42 Å². The third-order valence-electron chi connectivity index (χ3n) is 2.85. The fourth-order valence-electron chi connectivity index (χ4n) is 1.89. The van der Waals surface area contributed by atoms with Crippen molar-refractivity contribution in [2.45, 2.75) is 6.42 Å². The number of rotatable bonds is 4. The van der Waals surface area contributed by atoms with Crippen molar-refractivity contribution in [2.24, 2.45) is 5.92 Å². The smallest absolute Gasteiger partial charge is 0.224 e. The molecule has 1 atom stereocenters. The van der Waals surface area contributed by atoms with Gasteiger partial charge in [0.2, 0.25) is 5.95 Å². The van der Waals surface area contributed by atoms with Gasteiger partial charge in [0.25, 0.3) is 0 Å². The Balaban J connectivity index is 1.98. The van der Waals surface area contributed by atoms with E-state index in [1.54, 1.807) is 13.2 Å². The van der Waals surface area contributed by atoms with E-state index in [4.69, 9.17) is 0 Å². The molecular weight excluding hydrogens is 320 g/mol. The van der Waals surface area contributed by atoms with Crippen LogP contribution < -0.4 is 10.6 Å². The maximum absolute atomic E-state index is 11.3. The fraction of sp³-hybridized carbons (Fsp3) is 0.600. The highest BCUT2D eigenvalue weighted by atomic mass is 79.9. The Kier molecular flexibility index (Phi) is 4.06. The van der Waals surface area contributed by atoms with E-state index in [-0.39, 0.29) is 11.7 Å². The van der Waals surface area contributed by atoms with Gasteiger partial charge < -0.3 is 10.6 Å². The zero-order valence-electron chi connectivity index (χ0n) is 9.98. The molecule has 0 radical (unpaired) electrons. The van der Waals surface area contributed by atoms with Gasteiger partial charge in [-0.2, -0.15) is 4.98 Å². The molecule has 1 aliphatic rings. The molecule has 0 saturated carbocycles. The maximum atomic E-state index is 11.3. The van der Waals surface area contributed by atoms with E-state index in [0.29, 0.717) is 24.1 Å². The average Bonchev–Trinajstić information content (AvgIpc) is 2.68. The van der Waals surface area contributed by atoms with Crippen molar-refractivity contribution >= 4 is 37.5 Å². The zero-order valence-corrected chi connectivity index (χ0v) is 12.4. The van der Waals surface area contributed by atoms with Crippen LogP contribution in [0.3, 0.4) is 0 Å². The van der Waals surface area contributed by atoms with Crippen LogP contribution in [0, 0.1) is 5.92 Å². The van der Waals surface area contributed by atoms with Gasteiger partial charge in [-0.3, -0.25) is 0 Å². The Morgan fingerprint density at radius 3 is 2.94 bits per heavy atom. The first-order chi connectivity index (χ1) is 8.50.